The zero-order valence-electron chi connectivity index (χ0n) is 17.8. The molecule has 152 valence electrons. The molecule has 0 N–H and O–H groups in total. The van der Waals surface area contributed by atoms with Gasteiger partial charge in [-0.2, -0.15) is 0 Å². The number of carbonyl (C=O) groups is 1. The molecule has 6 heteroatoms. The SMILES string of the molecule is Cc1nc(C(=O)N2CCC(C)(C)CC2)c2nc(C3CCC(C)(C)CC3)sc2n1. The molecule has 1 aliphatic heterocycles. The Morgan fingerprint density at radius 1 is 0.964 bits per heavy atom. The van der Waals surface area contributed by atoms with E-state index in [0.717, 1.165) is 35.8 Å². The predicted molar refractivity (Wildman–Crippen MR) is 114 cm³/mol. The van der Waals surface area contributed by atoms with Gasteiger partial charge in [0.1, 0.15) is 16.2 Å². The Bertz CT molecular complexity index is 881. The molecule has 0 radical (unpaired) electrons. The van der Waals surface area contributed by atoms with Crippen LogP contribution < -0.4 is 0 Å². The van der Waals surface area contributed by atoms with Gasteiger partial charge in [0.15, 0.2) is 5.69 Å². The van der Waals surface area contributed by atoms with Crippen molar-refractivity contribution in [3.8, 4) is 0 Å². The number of aryl methyl sites for hydroxylation is 1. The number of thiazole rings is 1. The molecule has 0 atom stereocenters. The summed E-state index contributed by atoms with van der Waals surface area (Å²) >= 11 is 1.66. The van der Waals surface area contributed by atoms with E-state index in [2.05, 4.69) is 37.7 Å². The first-order valence-electron chi connectivity index (χ1n) is 10.6. The summed E-state index contributed by atoms with van der Waals surface area (Å²) in [6, 6.07) is 0. The van der Waals surface area contributed by atoms with Crippen LogP contribution >= 0.6 is 11.3 Å². The highest BCUT2D eigenvalue weighted by molar-refractivity contribution is 7.18. The first kappa shape index (κ1) is 19.7. The fraction of sp³-hybridized carbons (Fsp3) is 0.727. The molecule has 1 amide bonds. The number of carbonyl (C=O) groups excluding carboxylic acids is 1. The fourth-order valence-electron chi connectivity index (χ4n) is 4.38. The van der Waals surface area contributed by atoms with Crippen molar-refractivity contribution in [2.75, 3.05) is 13.1 Å². The van der Waals surface area contributed by atoms with Crippen molar-refractivity contribution in [1.82, 2.24) is 19.9 Å². The van der Waals surface area contributed by atoms with Crippen LogP contribution in [0, 0.1) is 17.8 Å². The number of aromatic nitrogens is 3. The first-order chi connectivity index (χ1) is 13.1. The summed E-state index contributed by atoms with van der Waals surface area (Å²) in [4.78, 5) is 30.1. The summed E-state index contributed by atoms with van der Waals surface area (Å²) in [6.07, 6.45) is 6.87. The van der Waals surface area contributed by atoms with Crippen LogP contribution in [0.5, 0.6) is 0 Å². The molecule has 28 heavy (non-hydrogen) atoms. The Morgan fingerprint density at radius 3 is 2.21 bits per heavy atom. The van der Waals surface area contributed by atoms with E-state index in [1.54, 1.807) is 11.3 Å². The van der Waals surface area contributed by atoms with Crippen molar-refractivity contribution < 1.29 is 4.79 Å². The van der Waals surface area contributed by atoms with E-state index in [9.17, 15) is 4.79 Å². The van der Waals surface area contributed by atoms with E-state index >= 15 is 0 Å². The minimum atomic E-state index is 0.0210. The zero-order chi connectivity index (χ0) is 20.1. The molecular weight excluding hydrogens is 368 g/mol. The van der Waals surface area contributed by atoms with Gasteiger partial charge >= 0.3 is 0 Å². The van der Waals surface area contributed by atoms with E-state index in [1.807, 2.05) is 11.8 Å². The van der Waals surface area contributed by atoms with Gasteiger partial charge in [-0.3, -0.25) is 4.79 Å². The molecule has 0 bridgehead atoms. The molecule has 2 fully saturated rings. The monoisotopic (exact) mass is 400 g/mol. The molecule has 5 nitrogen and oxygen atoms in total. The number of likely N-dealkylation sites (tertiary alicyclic amines) is 1. The first-order valence-corrected chi connectivity index (χ1v) is 11.4. The zero-order valence-corrected chi connectivity index (χ0v) is 18.7. The normalized spacial score (nSPS) is 22.5. The second-order valence-corrected chi connectivity index (χ2v) is 11.2. The Kier molecular flexibility index (Phi) is 4.97. The van der Waals surface area contributed by atoms with Crippen molar-refractivity contribution >= 4 is 27.6 Å². The smallest absolute Gasteiger partial charge is 0.274 e. The molecule has 2 aromatic heterocycles. The minimum absolute atomic E-state index is 0.0210. The molecule has 4 rings (SSSR count). The van der Waals surface area contributed by atoms with Gasteiger partial charge in [0.2, 0.25) is 0 Å². The van der Waals surface area contributed by atoms with Crippen molar-refractivity contribution in [2.24, 2.45) is 10.8 Å². The Balaban J connectivity index is 1.62. The molecule has 1 saturated carbocycles. The fourth-order valence-corrected chi connectivity index (χ4v) is 5.53. The van der Waals surface area contributed by atoms with Crippen LogP contribution in [0.2, 0.25) is 0 Å². The third-order valence-electron chi connectivity index (χ3n) is 6.68. The molecule has 0 aromatic carbocycles. The van der Waals surface area contributed by atoms with Gasteiger partial charge < -0.3 is 4.90 Å². The van der Waals surface area contributed by atoms with Gasteiger partial charge in [-0.25, -0.2) is 15.0 Å². The average molecular weight is 401 g/mol. The summed E-state index contributed by atoms with van der Waals surface area (Å²) in [6.45, 7) is 12.7. The van der Waals surface area contributed by atoms with Crippen LogP contribution in [0.25, 0.3) is 10.3 Å². The third kappa shape index (κ3) is 3.93. The number of fused-ring (bicyclic) bond motifs is 1. The van der Waals surface area contributed by atoms with Gasteiger partial charge in [-0.15, -0.1) is 0 Å². The van der Waals surface area contributed by atoms with Crippen molar-refractivity contribution in [1.29, 1.82) is 0 Å². The van der Waals surface area contributed by atoms with Crippen molar-refractivity contribution in [3.05, 3.63) is 16.5 Å². The van der Waals surface area contributed by atoms with Crippen LogP contribution in [-0.2, 0) is 0 Å². The quantitative estimate of drug-likeness (QED) is 0.682. The van der Waals surface area contributed by atoms with E-state index in [1.165, 1.54) is 25.7 Å². The minimum Gasteiger partial charge on any atom is -0.337 e. The molecule has 0 spiro atoms. The maximum absolute atomic E-state index is 13.2. The summed E-state index contributed by atoms with van der Waals surface area (Å²) in [5.74, 6) is 1.17. The highest BCUT2D eigenvalue weighted by Crippen LogP contribution is 2.44. The number of hydrogen-bond acceptors (Lipinski definition) is 5. The van der Waals surface area contributed by atoms with Crippen LogP contribution in [-0.4, -0.2) is 38.8 Å². The standard InChI is InChI=1S/C22H32N4OS/c1-14-23-17(20(27)26-12-10-22(4,5)11-13-26)16-19(24-14)28-18(25-16)15-6-8-21(2,3)9-7-15/h15H,6-13H2,1-5H3. The number of rotatable bonds is 2. The van der Waals surface area contributed by atoms with Crippen LogP contribution in [0.4, 0.5) is 0 Å². The molecule has 0 unspecified atom stereocenters. The molecule has 2 aromatic rings. The topological polar surface area (TPSA) is 59.0 Å². The van der Waals surface area contributed by atoms with Crippen LogP contribution in [0.3, 0.4) is 0 Å². The number of piperidine rings is 1. The second kappa shape index (κ2) is 7.05. The summed E-state index contributed by atoms with van der Waals surface area (Å²) in [5, 5.41) is 1.14. The molecule has 1 aliphatic carbocycles. The maximum atomic E-state index is 13.2. The lowest BCUT2D eigenvalue weighted by atomic mass is 9.73. The number of nitrogens with zero attached hydrogens (tertiary/aromatic N) is 4. The highest BCUT2D eigenvalue weighted by Gasteiger charge is 2.32. The predicted octanol–water partition coefficient (Wildman–Crippen LogP) is 5.34. The maximum Gasteiger partial charge on any atom is 0.274 e. The van der Waals surface area contributed by atoms with Gasteiger partial charge in [-0.05, 0) is 56.3 Å². The Morgan fingerprint density at radius 2 is 1.57 bits per heavy atom. The highest BCUT2D eigenvalue weighted by atomic mass is 32.1. The van der Waals surface area contributed by atoms with Gasteiger partial charge in [0.05, 0.1) is 5.01 Å². The average Bonchev–Trinajstić information content (AvgIpc) is 3.04. The van der Waals surface area contributed by atoms with E-state index in [0.29, 0.717) is 33.8 Å². The molecular formula is C22H32N4OS. The number of hydrogen-bond donors (Lipinski definition) is 0. The summed E-state index contributed by atoms with van der Waals surface area (Å²) in [7, 11) is 0. The third-order valence-corrected chi connectivity index (χ3v) is 7.79. The van der Waals surface area contributed by atoms with Gasteiger partial charge in [0.25, 0.3) is 5.91 Å². The summed E-state index contributed by atoms with van der Waals surface area (Å²) in [5.41, 5.74) is 1.97. The van der Waals surface area contributed by atoms with Crippen LogP contribution in [0.1, 0.15) is 93.5 Å². The second-order valence-electron chi connectivity index (χ2n) is 10.2. The van der Waals surface area contributed by atoms with Crippen molar-refractivity contribution in [3.63, 3.8) is 0 Å². The largest absolute Gasteiger partial charge is 0.337 e. The lowest BCUT2D eigenvalue weighted by Gasteiger charge is -2.36. The Hall–Kier alpha value is -1.56. The lowest BCUT2D eigenvalue weighted by molar-refractivity contribution is 0.0626. The molecule has 2 aliphatic rings. The molecule has 1 saturated heterocycles. The van der Waals surface area contributed by atoms with E-state index in [4.69, 9.17) is 4.98 Å². The van der Waals surface area contributed by atoms with E-state index < -0.39 is 0 Å². The van der Waals surface area contributed by atoms with Gasteiger partial charge in [-0.1, -0.05) is 39.0 Å². The lowest BCUT2D eigenvalue weighted by Crippen LogP contribution is -2.41. The molecule has 3 heterocycles. The summed E-state index contributed by atoms with van der Waals surface area (Å²) < 4.78 is 0. The van der Waals surface area contributed by atoms with E-state index in [-0.39, 0.29) is 5.91 Å². The Labute approximate surface area is 172 Å². The van der Waals surface area contributed by atoms with Crippen LogP contribution in [0.15, 0.2) is 0 Å². The van der Waals surface area contributed by atoms with Gasteiger partial charge in [0, 0.05) is 19.0 Å². The van der Waals surface area contributed by atoms with Crippen molar-refractivity contribution in [2.45, 2.75) is 79.1 Å². The number of amides is 1.